The first-order chi connectivity index (χ1) is 17.9. The third-order valence-corrected chi connectivity index (χ3v) is 5.48. The second kappa shape index (κ2) is 11.0. The zero-order valence-electron chi connectivity index (χ0n) is 20.0. The molecule has 0 aliphatic heterocycles. The van der Waals surface area contributed by atoms with E-state index >= 15 is 0 Å². The van der Waals surface area contributed by atoms with E-state index in [9.17, 15) is 20.0 Å². The van der Waals surface area contributed by atoms with E-state index in [1.54, 1.807) is 42.3 Å². The molecule has 184 valence electrons. The van der Waals surface area contributed by atoms with Crippen LogP contribution in [0, 0.1) is 18.3 Å². The van der Waals surface area contributed by atoms with Crippen molar-refractivity contribution in [2.45, 2.75) is 13.5 Å². The standard InChI is InChI=1S/C27H22N6O4/c1-17-21(15-30-37-17)24(34)20(13-28)25(35)32-27-29-14-22(23(31-27)19-11-7-4-8-12-19)26(36)33(2)16-18-9-5-3-6-10-18/h3-12,14-15,34H,16H2,1-2H3,(H,29,31,32,35)/b24-20-. The number of hydrogen-bond acceptors (Lipinski definition) is 8. The van der Waals surface area contributed by atoms with Crippen LogP contribution < -0.4 is 5.32 Å². The van der Waals surface area contributed by atoms with Crippen LogP contribution >= 0.6 is 0 Å². The highest BCUT2D eigenvalue weighted by Gasteiger charge is 2.23. The Labute approximate surface area is 212 Å². The van der Waals surface area contributed by atoms with Crippen molar-refractivity contribution >= 4 is 23.5 Å². The Kier molecular flexibility index (Phi) is 7.35. The summed E-state index contributed by atoms with van der Waals surface area (Å²) in [4.78, 5) is 36.3. The molecule has 0 saturated heterocycles. The van der Waals surface area contributed by atoms with E-state index in [0.29, 0.717) is 17.8 Å². The highest BCUT2D eigenvalue weighted by molar-refractivity contribution is 6.10. The van der Waals surface area contributed by atoms with Crippen molar-refractivity contribution < 1.29 is 19.2 Å². The van der Waals surface area contributed by atoms with Gasteiger partial charge in [0.25, 0.3) is 11.8 Å². The summed E-state index contributed by atoms with van der Waals surface area (Å²) in [5.41, 5.74) is 1.68. The van der Waals surface area contributed by atoms with Crippen LogP contribution in [0.3, 0.4) is 0 Å². The van der Waals surface area contributed by atoms with E-state index in [4.69, 9.17) is 4.52 Å². The minimum absolute atomic E-state index is 0.111. The molecule has 4 aromatic rings. The Hall–Kier alpha value is -5.30. The summed E-state index contributed by atoms with van der Waals surface area (Å²) in [6.45, 7) is 1.91. The lowest BCUT2D eigenvalue weighted by Crippen LogP contribution is -2.27. The second-order valence-electron chi connectivity index (χ2n) is 8.05. The van der Waals surface area contributed by atoms with E-state index in [1.807, 2.05) is 36.4 Å². The largest absolute Gasteiger partial charge is 0.506 e. The summed E-state index contributed by atoms with van der Waals surface area (Å²) in [7, 11) is 1.68. The number of aliphatic hydroxyl groups excluding tert-OH is 1. The van der Waals surface area contributed by atoms with Gasteiger partial charge in [-0.3, -0.25) is 14.9 Å². The monoisotopic (exact) mass is 494 g/mol. The van der Waals surface area contributed by atoms with Gasteiger partial charge >= 0.3 is 0 Å². The number of aryl methyl sites for hydroxylation is 1. The first-order valence-corrected chi connectivity index (χ1v) is 11.2. The maximum Gasteiger partial charge on any atom is 0.272 e. The molecule has 0 radical (unpaired) electrons. The number of amides is 2. The van der Waals surface area contributed by atoms with Crippen molar-refractivity contribution in [3.63, 3.8) is 0 Å². The van der Waals surface area contributed by atoms with Crippen molar-refractivity contribution in [1.29, 1.82) is 5.26 Å². The third kappa shape index (κ3) is 5.52. The number of nitriles is 1. The predicted octanol–water partition coefficient (Wildman–Crippen LogP) is 4.14. The van der Waals surface area contributed by atoms with Crippen LogP contribution in [-0.4, -0.2) is 44.0 Å². The maximum atomic E-state index is 13.3. The van der Waals surface area contributed by atoms with Crippen LogP contribution in [0.1, 0.15) is 27.2 Å². The van der Waals surface area contributed by atoms with E-state index in [2.05, 4.69) is 20.4 Å². The van der Waals surface area contributed by atoms with Gasteiger partial charge in [-0.1, -0.05) is 65.8 Å². The summed E-state index contributed by atoms with van der Waals surface area (Å²) >= 11 is 0. The van der Waals surface area contributed by atoms with Gasteiger partial charge in [0.1, 0.15) is 11.8 Å². The first-order valence-electron chi connectivity index (χ1n) is 11.2. The molecule has 0 atom stereocenters. The molecule has 0 spiro atoms. The lowest BCUT2D eigenvalue weighted by atomic mass is 10.1. The molecule has 2 amide bonds. The van der Waals surface area contributed by atoms with Gasteiger partial charge in [-0.2, -0.15) is 5.26 Å². The van der Waals surface area contributed by atoms with E-state index < -0.39 is 17.2 Å². The van der Waals surface area contributed by atoms with Crippen LogP contribution in [0.4, 0.5) is 5.95 Å². The van der Waals surface area contributed by atoms with Crippen molar-refractivity contribution in [2.24, 2.45) is 0 Å². The zero-order valence-corrected chi connectivity index (χ0v) is 20.0. The molecule has 0 saturated carbocycles. The maximum absolute atomic E-state index is 13.3. The molecule has 0 aliphatic rings. The topological polar surface area (TPSA) is 145 Å². The molecule has 2 aromatic carbocycles. The SMILES string of the molecule is Cc1oncc1/C(O)=C(\C#N)C(=O)Nc1ncc(C(=O)N(C)Cc2ccccc2)c(-c2ccccc2)n1. The van der Waals surface area contributed by atoms with E-state index in [-0.39, 0.29) is 28.7 Å². The Morgan fingerprint density at radius 1 is 1.05 bits per heavy atom. The van der Waals surface area contributed by atoms with Gasteiger partial charge in [-0.15, -0.1) is 0 Å². The number of nitrogens with one attached hydrogen (secondary N) is 1. The Bertz CT molecular complexity index is 1510. The molecule has 4 rings (SSSR count). The van der Waals surface area contributed by atoms with Crippen molar-refractivity contribution in [3.8, 4) is 17.3 Å². The minimum Gasteiger partial charge on any atom is -0.506 e. The molecule has 0 fully saturated rings. The number of anilines is 1. The van der Waals surface area contributed by atoms with Crippen LogP contribution in [0.5, 0.6) is 0 Å². The molecule has 2 heterocycles. The van der Waals surface area contributed by atoms with Crippen LogP contribution in [0.25, 0.3) is 17.0 Å². The van der Waals surface area contributed by atoms with Gasteiger partial charge in [0.05, 0.1) is 23.0 Å². The van der Waals surface area contributed by atoms with Gasteiger partial charge in [0, 0.05) is 25.4 Å². The first kappa shape index (κ1) is 24.8. The quantitative estimate of drug-likeness (QED) is 0.221. The molecule has 10 heteroatoms. The smallest absolute Gasteiger partial charge is 0.272 e. The summed E-state index contributed by atoms with van der Waals surface area (Å²) < 4.78 is 4.89. The number of nitrogens with zero attached hydrogens (tertiary/aromatic N) is 5. The summed E-state index contributed by atoms with van der Waals surface area (Å²) in [6.07, 6.45) is 2.53. The van der Waals surface area contributed by atoms with Gasteiger partial charge in [0.15, 0.2) is 11.3 Å². The fourth-order valence-corrected chi connectivity index (χ4v) is 3.59. The average Bonchev–Trinajstić information content (AvgIpc) is 3.35. The molecule has 37 heavy (non-hydrogen) atoms. The van der Waals surface area contributed by atoms with Crippen LogP contribution in [0.2, 0.25) is 0 Å². The van der Waals surface area contributed by atoms with Crippen molar-refractivity contribution in [2.75, 3.05) is 12.4 Å². The molecule has 0 bridgehead atoms. The Morgan fingerprint density at radius 3 is 2.35 bits per heavy atom. The normalized spacial score (nSPS) is 11.3. The molecular formula is C27H22N6O4. The molecule has 10 nitrogen and oxygen atoms in total. The molecule has 0 aliphatic carbocycles. The number of hydrogen-bond donors (Lipinski definition) is 2. The van der Waals surface area contributed by atoms with Crippen molar-refractivity contribution in [1.82, 2.24) is 20.0 Å². The molecule has 2 N–H and O–H groups in total. The van der Waals surface area contributed by atoms with Gasteiger partial charge in [-0.05, 0) is 12.5 Å². The summed E-state index contributed by atoms with van der Waals surface area (Å²) in [5.74, 6) is -1.73. The third-order valence-electron chi connectivity index (χ3n) is 5.48. The number of aromatic nitrogens is 3. The highest BCUT2D eigenvalue weighted by Crippen LogP contribution is 2.25. The van der Waals surface area contributed by atoms with E-state index in [1.165, 1.54) is 19.3 Å². The second-order valence-corrected chi connectivity index (χ2v) is 8.05. The molecule has 0 unspecified atom stereocenters. The predicted molar refractivity (Wildman–Crippen MR) is 135 cm³/mol. The number of carbonyl (C=O) groups is 2. The minimum atomic E-state index is -0.931. The van der Waals surface area contributed by atoms with Gasteiger partial charge < -0.3 is 14.5 Å². The molecule has 2 aromatic heterocycles. The van der Waals surface area contributed by atoms with Gasteiger partial charge in [-0.25, -0.2) is 9.97 Å². The fourth-order valence-electron chi connectivity index (χ4n) is 3.59. The Balaban J connectivity index is 1.66. The zero-order chi connectivity index (χ0) is 26.4. The average molecular weight is 495 g/mol. The number of benzene rings is 2. The number of aliphatic hydroxyl groups is 1. The fraction of sp³-hybridized carbons (Fsp3) is 0.111. The summed E-state index contributed by atoms with van der Waals surface area (Å²) in [6, 6.07) is 20.2. The number of carbonyl (C=O) groups excluding carboxylic acids is 2. The summed E-state index contributed by atoms with van der Waals surface area (Å²) in [5, 5.41) is 25.9. The lowest BCUT2D eigenvalue weighted by molar-refractivity contribution is -0.112. The molecular weight excluding hydrogens is 472 g/mol. The highest BCUT2D eigenvalue weighted by atomic mass is 16.5. The van der Waals surface area contributed by atoms with Crippen molar-refractivity contribution in [3.05, 3.63) is 101 Å². The number of rotatable bonds is 7. The Morgan fingerprint density at radius 2 is 1.73 bits per heavy atom. The lowest BCUT2D eigenvalue weighted by Gasteiger charge is -2.19. The van der Waals surface area contributed by atoms with E-state index in [0.717, 1.165) is 5.56 Å². The van der Waals surface area contributed by atoms with Crippen LogP contribution in [0.15, 0.2) is 83.2 Å². The van der Waals surface area contributed by atoms with Crippen LogP contribution in [-0.2, 0) is 11.3 Å². The van der Waals surface area contributed by atoms with Gasteiger partial charge in [0.2, 0.25) is 5.95 Å².